The number of hydrogen-bond donors (Lipinski definition) is 0. The third kappa shape index (κ3) is 5.11. The van der Waals surface area contributed by atoms with Gasteiger partial charge in [0.15, 0.2) is 0 Å². The Morgan fingerprint density at radius 3 is 1.19 bits per heavy atom. The van der Waals surface area contributed by atoms with Crippen LogP contribution in [0.2, 0.25) is 0 Å². The Morgan fingerprint density at radius 2 is 0.672 bits per heavy atom. The van der Waals surface area contributed by atoms with E-state index in [-0.39, 0.29) is 0 Å². The predicted octanol–water partition coefficient (Wildman–Crippen LogP) is 17.6. The molecule has 12 aromatic rings. The fourth-order valence-electron chi connectivity index (χ4n) is 11.1. The van der Waals surface area contributed by atoms with E-state index in [2.05, 4.69) is 229 Å². The van der Waals surface area contributed by atoms with Crippen molar-refractivity contribution < 1.29 is 0 Å². The molecule has 10 aromatic carbocycles. The zero-order chi connectivity index (χ0) is 41.9. The maximum Gasteiger partial charge on any atom is 0.0726 e. The monoisotopic (exact) mass is 847 g/mol. The van der Waals surface area contributed by atoms with Crippen LogP contribution >= 0.6 is 22.7 Å². The van der Waals surface area contributed by atoms with Crippen LogP contribution in [0.1, 0.15) is 22.3 Å². The second kappa shape index (κ2) is 13.7. The Kier molecular flexibility index (Phi) is 7.71. The number of anilines is 3. The van der Waals surface area contributed by atoms with Crippen LogP contribution in [0.3, 0.4) is 0 Å². The van der Waals surface area contributed by atoms with Crippen molar-refractivity contribution in [1.82, 2.24) is 0 Å². The smallest absolute Gasteiger partial charge is 0.0726 e. The number of benzene rings is 10. The minimum Gasteiger partial charge on any atom is -0.310 e. The van der Waals surface area contributed by atoms with Crippen LogP contribution in [0.4, 0.5) is 17.1 Å². The number of nitrogens with zero attached hydrogens (tertiary/aromatic N) is 1. The molecule has 3 heteroatoms. The molecule has 0 saturated carbocycles. The first-order valence-corrected chi connectivity index (χ1v) is 23.6. The Hall–Kier alpha value is -7.56. The van der Waals surface area contributed by atoms with Gasteiger partial charge in [0.25, 0.3) is 0 Å². The van der Waals surface area contributed by atoms with Crippen molar-refractivity contribution in [1.29, 1.82) is 0 Å². The maximum absolute atomic E-state index is 2.50. The van der Waals surface area contributed by atoms with Crippen molar-refractivity contribution in [2.75, 3.05) is 4.90 Å². The zero-order valence-corrected chi connectivity index (χ0v) is 36.3. The lowest BCUT2D eigenvalue weighted by atomic mass is 9.70. The van der Waals surface area contributed by atoms with Crippen LogP contribution in [0.15, 0.2) is 224 Å². The summed E-state index contributed by atoms with van der Waals surface area (Å²) in [5.41, 5.74) is 18.3. The van der Waals surface area contributed by atoms with Gasteiger partial charge in [-0.3, -0.25) is 0 Å². The molecular weight excluding hydrogens is 811 g/mol. The van der Waals surface area contributed by atoms with E-state index in [9.17, 15) is 0 Å². The van der Waals surface area contributed by atoms with Crippen molar-refractivity contribution in [3.8, 4) is 44.5 Å². The van der Waals surface area contributed by atoms with Crippen LogP contribution in [-0.4, -0.2) is 0 Å². The molecule has 2 aliphatic rings. The van der Waals surface area contributed by atoms with Gasteiger partial charge in [0, 0.05) is 57.4 Å². The third-order valence-corrected chi connectivity index (χ3v) is 16.2. The Balaban J connectivity index is 0.985. The van der Waals surface area contributed by atoms with Crippen molar-refractivity contribution >= 4 is 80.1 Å². The summed E-state index contributed by atoms with van der Waals surface area (Å²) in [5, 5.41) is 5.25. The molecule has 64 heavy (non-hydrogen) atoms. The first kappa shape index (κ1) is 36.0. The number of hydrogen-bond acceptors (Lipinski definition) is 3. The summed E-state index contributed by atoms with van der Waals surface area (Å²) < 4.78 is 5.28. The summed E-state index contributed by atoms with van der Waals surface area (Å²) in [7, 11) is 0. The van der Waals surface area contributed by atoms with Gasteiger partial charge in [0.05, 0.1) is 5.41 Å². The summed E-state index contributed by atoms with van der Waals surface area (Å²) in [6.07, 6.45) is 0. The minimum absolute atomic E-state index is 0.443. The van der Waals surface area contributed by atoms with Crippen molar-refractivity contribution in [2.24, 2.45) is 0 Å². The lowest BCUT2D eigenvalue weighted by Gasteiger charge is -2.32. The normalized spacial score (nSPS) is 13.1. The Bertz CT molecular complexity index is 3660. The molecule has 0 bridgehead atoms. The summed E-state index contributed by atoms with van der Waals surface area (Å²) in [4.78, 5) is 2.48. The standard InChI is InChI=1S/C61H37NS2/c1-6-22-53-45(17-1)46-18-2-7-23-54(46)61(53)55-24-8-3-19-47(55)48-30-29-44(37-56(48)61)62(42-15-11-13-38(33-42)40-27-31-59-51(35-40)49-20-4-9-25-57(49)63-59)43-16-12-14-39(34-43)41-28-32-60-52(36-41)50-21-5-10-26-58(50)64-60/h1-37H. The molecule has 0 N–H and O–H groups in total. The molecular formula is C61H37NS2. The van der Waals surface area contributed by atoms with Gasteiger partial charge < -0.3 is 4.90 Å². The fraction of sp³-hybridized carbons (Fsp3) is 0.0164. The lowest BCUT2D eigenvalue weighted by molar-refractivity contribution is 0.793. The molecule has 0 radical (unpaired) electrons. The quantitative estimate of drug-likeness (QED) is 0.167. The summed E-state index contributed by atoms with van der Waals surface area (Å²) in [6.45, 7) is 0. The molecule has 1 nitrogen and oxygen atoms in total. The van der Waals surface area contributed by atoms with Crippen molar-refractivity contribution in [3.63, 3.8) is 0 Å². The predicted molar refractivity (Wildman–Crippen MR) is 274 cm³/mol. The molecule has 14 rings (SSSR count). The molecule has 0 unspecified atom stereocenters. The van der Waals surface area contributed by atoms with Crippen LogP contribution in [0.25, 0.3) is 84.9 Å². The third-order valence-electron chi connectivity index (χ3n) is 13.9. The van der Waals surface area contributed by atoms with E-state index in [1.54, 1.807) is 0 Å². The highest BCUT2D eigenvalue weighted by molar-refractivity contribution is 7.26. The van der Waals surface area contributed by atoms with Gasteiger partial charge in [-0.25, -0.2) is 0 Å². The van der Waals surface area contributed by atoms with Crippen molar-refractivity contribution in [3.05, 3.63) is 247 Å². The van der Waals surface area contributed by atoms with E-state index >= 15 is 0 Å². The highest BCUT2D eigenvalue weighted by atomic mass is 32.1. The summed E-state index contributed by atoms with van der Waals surface area (Å²) in [5.74, 6) is 0. The maximum atomic E-state index is 2.50. The van der Waals surface area contributed by atoms with E-state index in [0.29, 0.717) is 0 Å². The van der Waals surface area contributed by atoms with Gasteiger partial charge in [-0.05, 0) is 140 Å². The van der Waals surface area contributed by atoms with Gasteiger partial charge >= 0.3 is 0 Å². The molecule has 2 heterocycles. The van der Waals surface area contributed by atoms with Crippen LogP contribution in [0, 0.1) is 0 Å². The molecule has 0 amide bonds. The van der Waals surface area contributed by atoms with Gasteiger partial charge in [0.2, 0.25) is 0 Å². The van der Waals surface area contributed by atoms with Gasteiger partial charge in [-0.1, -0.05) is 152 Å². The molecule has 0 fully saturated rings. The molecule has 0 atom stereocenters. The molecule has 0 saturated heterocycles. The summed E-state index contributed by atoms with van der Waals surface area (Å²) in [6, 6.07) is 84.2. The summed E-state index contributed by atoms with van der Waals surface area (Å²) >= 11 is 3.73. The first-order chi connectivity index (χ1) is 31.7. The largest absolute Gasteiger partial charge is 0.310 e. The molecule has 298 valence electrons. The van der Waals surface area contributed by atoms with Crippen molar-refractivity contribution in [2.45, 2.75) is 5.41 Å². The van der Waals surface area contributed by atoms with Gasteiger partial charge in [-0.15, -0.1) is 22.7 Å². The number of rotatable bonds is 5. The molecule has 2 aromatic heterocycles. The molecule has 0 aliphatic heterocycles. The van der Waals surface area contributed by atoms with Crippen LogP contribution in [0.5, 0.6) is 0 Å². The number of thiophene rings is 2. The molecule has 2 aliphatic carbocycles. The lowest BCUT2D eigenvalue weighted by Crippen LogP contribution is -2.26. The van der Waals surface area contributed by atoms with E-state index in [1.807, 2.05) is 22.7 Å². The second-order valence-electron chi connectivity index (χ2n) is 17.2. The van der Waals surface area contributed by atoms with Crippen LogP contribution in [-0.2, 0) is 5.41 Å². The average Bonchev–Trinajstić information content (AvgIpc) is 4.09. The van der Waals surface area contributed by atoms with E-state index < -0.39 is 5.41 Å². The van der Waals surface area contributed by atoms with E-state index in [4.69, 9.17) is 0 Å². The van der Waals surface area contributed by atoms with E-state index in [1.165, 1.54) is 107 Å². The molecule has 1 spiro atoms. The Morgan fingerprint density at radius 1 is 0.266 bits per heavy atom. The van der Waals surface area contributed by atoms with Crippen LogP contribution < -0.4 is 4.90 Å². The zero-order valence-electron chi connectivity index (χ0n) is 34.6. The average molecular weight is 848 g/mol. The van der Waals surface area contributed by atoms with E-state index in [0.717, 1.165) is 17.1 Å². The Labute approximate surface area is 379 Å². The topological polar surface area (TPSA) is 3.24 Å². The first-order valence-electron chi connectivity index (χ1n) is 22.0. The van der Waals surface area contributed by atoms with Gasteiger partial charge in [-0.2, -0.15) is 0 Å². The fourth-order valence-corrected chi connectivity index (χ4v) is 13.3. The number of fused-ring (bicyclic) bond motifs is 16. The minimum atomic E-state index is -0.443. The highest BCUT2D eigenvalue weighted by Gasteiger charge is 2.51. The van der Waals surface area contributed by atoms with Gasteiger partial charge in [0.1, 0.15) is 0 Å². The highest BCUT2D eigenvalue weighted by Crippen LogP contribution is 2.63. The second-order valence-corrected chi connectivity index (χ2v) is 19.3. The SMILES string of the molecule is c1cc(-c2ccc3sc4ccccc4c3c2)cc(N(c2cccc(-c3ccc4sc5ccccc5c4c3)c2)c2ccc3c(c2)C2(c4ccccc4-c4ccccc42)c2ccccc2-3)c1.